The maximum atomic E-state index is 12.5. The van der Waals surface area contributed by atoms with Crippen molar-refractivity contribution in [2.45, 2.75) is 51.0 Å². The average Bonchev–Trinajstić information content (AvgIpc) is 2.99. The lowest BCUT2D eigenvalue weighted by atomic mass is 10.0. The number of aliphatic carboxylic acids is 1. The van der Waals surface area contributed by atoms with Crippen LogP contribution in [0.4, 0.5) is 0 Å². The van der Waals surface area contributed by atoms with Crippen LogP contribution in [-0.4, -0.2) is 50.2 Å². The Bertz CT molecular complexity index is 1410. The summed E-state index contributed by atoms with van der Waals surface area (Å²) in [4.78, 5) is 33.6. The van der Waals surface area contributed by atoms with Gasteiger partial charge in [0.25, 0.3) is 10.0 Å². The van der Waals surface area contributed by atoms with Crippen molar-refractivity contribution in [2.75, 3.05) is 18.8 Å². The molecule has 0 saturated heterocycles. The second-order valence-corrected chi connectivity index (χ2v) is 11.9. The number of carboxylic acid groups (broad SMARTS) is 1. The van der Waals surface area contributed by atoms with Crippen LogP contribution in [0.2, 0.25) is 0 Å². The molecule has 0 saturated carbocycles. The van der Waals surface area contributed by atoms with Crippen LogP contribution in [-0.2, 0) is 37.4 Å². The van der Waals surface area contributed by atoms with Crippen LogP contribution in [0, 0.1) is 5.92 Å². The third kappa shape index (κ3) is 13.0. The quantitative estimate of drug-likeness (QED) is 0.124. The van der Waals surface area contributed by atoms with Crippen molar-refractivity contribution < 1.29 is 27.9 Å². The molecule has 0 fully saturated rings. The average molecular weight is 628 g/mol. The first-order valence-electron chi connectivity index (χ1n) is 14.1. The topological polar surface area (TPSA) is 142 Å². The third-order valence-corrected chi connectivity index (χ3v) is 8.24. The van der Waals surface area contributed by atoms with Crippen molar-refractivity contribution in [3.05, 3.63) is 90.0 Å². The van der Waals surface area contributed by atoms with Crippen molar-refractivity contribution in [1.82, 2.24) is 15.4 Å². The van der Waals surface area contributed by atoms with Crippen molar-refractivity contribution in [3.63, 3.8) is 0 Å². The maximum absolute atomic E-state index is 12.5. The van der Waals surface area contributed by atoms with Crippen LogP contribution < -0.4 is 15.4 Å². The summed E-state index contributed by atoms with van der Waals surface area (Å²) in [5.41, 5.74) is 3.38. The minimum Gasteiger partial charge on any atom is -0.481 e. The summed E-state index contributed by atoms with van der Waals surface area (Å²) in [6, 6.07) is 24.0. The van der Waals surface area contributed by atoms with E-state index < -0.39 is 21.9 Å². The molecule has 0 aromatic heterocycles. The van der Waals surface area contributed by atoms with E-state index >= 15 is 0 Å². The van der Waals surface area contributed by atoms with Gasteiger partial charge in [0, 0.05) is 44.3 Å². The number of hydrogen-bond donors (Lipinski definition) is 5. The monoisotopic (exact) mass is 627 g/mol. The Hall–Kier alpha value is -3.67. The van der Waals surface area contributed by atoms with Gasteiger partial charge in [-0.3, -0.25) is 14.4 Å². The number of amides is 2. The highest BCUT2D eigenvalue weighted by Gasteiger charge is 2.20. The Morgan fingerprint density at radius 2 is 1.53 bits per heavy atom. The second-order valence-electron chi connectivity index (χ2n) is 9.89. The molecule has 0 heterocycles. The number of unbranched alkanes of at least 4 members (excludes halogenated alkanes) is 1. The molecule has 0 spiro atoms. The molecular formula is C32H41N3O6S2. The van der Waals surface area contributed by atoms with E-state index in [0.29, 0.717) is 43.8 Å². The van der Waals surface area contributed by atoms with Gasteiger partial charge in [0.05, 0.1) is 10.8 Å². The van der Waals surface area contributed by atoms with Crippen LogP contribution in [0.3, 0.4) is 0 Å². The smallest absolute Gasteiger partial charge is 0.303 e. The molecule has 11 heteroatoms. The van der Waals surface area contributed by atoms with Gasteiger partial charge in [0.15, 0.2) is 0 Å². The molecule has 3 rings (SSSR count). The summed E-state index contributed by atoms with van der Waals surface area (Å²) in [5, 5.41) is 14.3. The molecule has 0 unspecified atom stereocenters. The highest BCUT2D eigenvalue weighted by Crippen LogP contribution is 2.27. The number of carbonyl (C=O) groups is 3. The molecule has 0 radical (unpaired) electrons. The van der Waals surface area contributed by atoms with Gasteiger partial charge >= 0.3 is 5.97 Å². The van der Waals surface area contributed by atoms with Gasteiger partial charge in [-0.05, 0) is 35.6 Å². The van der Waals surface area contributed by atoms with Gasteiger partial charge in [-0.15, -0.1) is 0 Å². The van der Waals surface area contributed by atoms with E-state index in [-0.39, 0.29) is 16.7 Å². The van der Waals surface area contributed by atoms with Crippen LogP contribution in [0.1, 0.15) is 44.2 Å². The van der Waals surface area contributed by atoms with E-state index in [9.17, 15) is 22.8 Å². The normalized spacial score (nSPS) is 11.5. The number of benzene rings is 3. The van der Waals surface area contributed by atoms with Gasteiger partial charge in [-0.1, -0.05) is 86.1 Å². The van der Waals surface area contributed by atoms with Crippen molar-refractivity contribution >= 4 is 40.4 Å². The standard InChI is InChI=1S/C27H31N3O4S2.C5H10O2/c1-20(31)30-36(33,34)26-10-6-5-9-25(26)23-13-11-22(12-14-23)18-28-15-16-29-27(32)24(19-35)17-21-7-3-2-4-8-21;1-2-3-4-5(6)7/h2-14,24,28,35H,15-19H2,1H3,(H,29,32)(H,30,31);2-4H2,1H3,(H,6,7)/t24-;/m1./s1. The number of carbonyl (C=O) groups excluding carboxylic acids is 2. The molecule has 2 amide bonds. The first-order chi connectivity index (χ1) is 20.6. The third-order valence-electron chi connectivity index (χ3n) is 6.31. The molecule has 3 aromatic carbocycles. The van der Waals surface area contributed by atoms with Crippen molar-refractivity contribution in [2.24, 2.45) is 5.92 Å². The fraction of sp³-hybridized carbons (Fsp3) is 0.344. The van der Waals surface area contributed by atoms with Gasteiger partial charge in [-0.2, -0.15) is 12.6 Å². The number of hydrogen-bond acceptors (Lipinski definition) is 7. The highest BCUT2D eigenvalue weighted by atomic mass is 32.2. The lowest BCUT2D eigenvalue weighted by molar-refractivity contribution is -0.137. The summed E-state index contributed by atoms with van der Waals surface area (Å²) in [5.74, 6) is -1.04. The van der Waals surface area contributed by atoms with E-state index in [4.69, 9.17) is 5.11 Å². The number of nitrogens with one attached hydrogen (secondary N) is 3. The number of sulfonamides is 1. The number of thiol groups is 1. The maximum Gasteiger partial charge on any atom is 0.303 e. The Morgan fingerprint density at radius 3 is 2.12 bits per heavy atom. The SMILES string of the molecule is CC(=O)NS(=O)(=O)c1ccccc1-c1ccc(CNCCNC(=O)[C@@H](CS)Cc2ccccc2)cc1.CCCCC(=O)O. The fourth-order valence-corrected chi connectivity index (χ4v) is 5.62. The Balaban J connectivity index is 0.000000821. The zero-order valence-corrected chi connectivity index (χ0v) is 26.3. The zero-order valence-electron chi connectivity index (χ0n) is 24.6. The first kappa shape index (κ1) is 35.5. The van der Waals surface area contributed by atoms with Gasteiger partial charge in [-0.25, -0.2) is 13.1 Å². The summed E-state index contributed by atoms with van der Waals surface area (Å²) in [6.45, 7) is 4.85. The molecular weight excluding hydrogens is 587 g/mol. The molecule has 4 N–H and O–H groups in total. The van der Waals surface area contributed by atoms with Gasteiger partial charge in [0.2, 0.25) is 11.8 Å². The molecule has 1 atom stereocenters. The molecule has 232 valence electrons. The van der Waals surface area contributed by atoms with E-state index in [1.807, 2.05) is 66.2 Å². The zero-order chi connectivity index (χ0) is 31.7. The van der Waals surface area contributed by atoms with E-state index in [2.05, 4.69) is 23.3 Å². The first-order valence-corrected chi connectivity index (χ1v) is 16.3. The van der Waals surface area contributed by atoms with Crippen molar-refractivity contribution in [1.29, 1.82) is 0 Å². The molecule has 0 bridgehead atoms. The molecule has 0 aliphatic carbocycles. The van der Waals surface area contributed by atoms with Gasteiger partial charge in [0.1, 0.15) is 0 Å². The van der Waals surface area contributed by atoms with Crippen LogP contribution in [0.25, 0.3) is 11.1 Å². The van der Waals surface area contributed by atoms with Crippen LogP contribution in [0.5, 0.6) is 0 Å². The molecule has 0 aliphatic heterocycles. The largest absolute Gasteiger partial charge is 0.481 e. The summed E-state index contributed by atoms with van der Waals surface area (Å²) in [7, 11) is -3.95. The van der Waals surface area contributed by atoms with Crippen LogP contribution >= 0.6 is 12.6 Å². The lowest BCUT2D eigenvalue weighted by Gasteiger charge is -2.15. The van der Waals surface area contributed by atoms with Crippen molar-refractivity contribution in [3.8, 4) is 11.1 Å². The van der Waals surface area contributed by atoms with E-state index in [1.165, 1.54) is 6.07 Å². The summed E-state index contributed by atoms with van der Waals surface area (Å²) >= 11 is 4.34. The predicted octanol–water partition coefficient (Wildman–Crippen LogP) is 4.43. The summed E-state index contributed by atoms with van der Waals surface area (Å²) in [6.07, 6.45) is 2.74. The number of rotatable bonds is 15. The Morgan fingerprint density at radius 1 is 0.884 bits per heavy atom. The summed E-state index contributed by atoms with van der Waals surface area (Å²) < 4.78 is 27.1. The Kier molecular flexibility index (Phi) is 15.5. The lowest BCUT2D eigenvalue weighted by Crippen LogP contribution is -2.37. The molecule has 3 aromatic rings. The molecule has 0 aliphatic rings. The molecule has 43 heavy (non-hydrogen) atoms. The Labute approximate surface area is 260 Å². The van der Waals surface area contributed by atoms with E-state index in [1.54, 1.807) is 18.2 Å². The number of carboxylic acids is 1. The fourth-order valence-electron chi connectivity index (χ4n) is 4.10. The molecule has 9 nitrogen and oxygen atoms in total. The second kappa shape index (κ2) is 18.8. The highest BCUT2D eigenvalue weighted by molar-refractivity contribution is 7.90. The minimum atomic E-state index is -3.95. The van der Waals surface area contributed by atoms with Gasteiger partial charge < -0.3 is 15.7 Å². The van der Waals surface area contributed by atoms with E-state index in [0.717, 1.165) is 36.5 Å². The predicted molar refractivity (Wildman–Crippen MR) is 172 cm³/mol. The minimum absolute atomic E-state index is 0.00659. The van der Waals surface area contributed by atoms with Crippen LogP contribution in [0.15, 0.2) is 83.8 Å².